The topological polar surface area (TPSA) is 195 Å². The molecule has 0 unspecified atom stereocenters. The molecule has 4 amide bonds. The van der Waals surface area contributed by atoms with Gasteiger partial charge in [-0.2, -0.15) is 0 Å². The van der Waals surface area contributed by atoms with Gasteiger partial charge in [-0.1, -0.05) is 26.8 Å². The van der Waals surface area contributed by atoms with E-state index in [2.05, 4.69) is 26.9 Å². The number of fused-ring (bicyclic) bond motifs is 1. The number of hydrogen-bond acceptors (Lipinski definition) is 11. The molecule has 56 heavy (non-hydrogen) atoms. The predicted octanol–water partition coefficient (Wildman–Crippen LogP) is 4.26. The fourth-order valence-electron chi connectivity index (χ4n) is 6.88. The lowest BCUT2D eigenvalue weighted by Gasteiger charge is -2.36. The smallest absolute Gasteiger partial charge is 0.408 e. The van der Waals surface area contributed by atoms with Gasteiger partial charge in [-0.3, -0.25) is 24.1 Å². The first-order valence-corrected chi connectivity index (χ1v) is 20.2. The number of aromatic nitrogens is 2. The number of carbonyl (C=O) groups excluding carboxylic acids is 4. The van der Waals surface area contributed by atoms with E-state index in [1.807, 2.05) is 30.3 Å². The van der Waals surface area contributed by atoms with Crippen LogP contribution in [0.15, 0.2) is 61.4 Å². The second-order valence-corrected chi connectivity index (χ2v) is 18.7. The molecule has 1 saturated heterocycles. The molecule has 2 aliphatic carbocycles. The minimum atomic E-state index is -3.92. The Morgan fingerprint density at radius 3 is 2.32 bits per heavy atom. The lowest BCUT2D eigenvalue weighted by molar-refractivity contribution is -0.143. The molecule has 3 aliphatic rings. The average molecular weight is 791 g/mol. The standard InChI is InChI=1S/C40H50N6O9S/c1-9-25-21-40(25,36(49)45-56(51,52)28-11-12-28)44-33(47)31-20-27(22-46(31)35(48)32(38(2,3)4)43-37(50)55-39(5,6)7)54-34-29-13-10-26(53-8)18-24(29)19-30(42-34)23-14-16-41-17-15-23/h9-10,13-19,25,27-28,31-32H,1,11-12,20-22H2,2-8H3,(H,43,50)(H,44,47)(H,45,49)/t25-,27-,31+,32-,40-/m1/s1. The third-order valence-corrected chi connectivity index (χ3v) is 11.9. The van der Waals surface area contributed by atoms with Gasteiger partial charge in [0.15, 0.2) is 0 Å². The third kappa shape index (κ3) is 8.74. The number of amides is 4. The molecular weight excluding hydrogens is 741 g/mol. The van der Waals surface area contributed by atoms with Crippen LogP contribution in [-0.4, -0.2) is 95.3 Å². The number of sulfonamides is 1. The largest absolute Gasteiger partial charge is 0.497 e. The summed E-state index contributed by atoms with van der Waals surface area (Å²) < 4.78 is 45.3. The zero-order chi connectivity index (χ0) is 40.8. The van der Waals surface area contributed by atoms with Gasteiger partial charge in [-0.25, -0.2) is 18.2 Å². The van der Waals surface area contributed by atoms with Crippen molar-refractivity contribution in [1.29, 1.82) is 0 Å². The fourth-order valence-corrected chi connectivity index (χ4v) is 8.25. The van der Waals surface area contributed by atoms with Crippen LogP contribution in [0.25, 0.3) is 22.0 Å². The Bertz CT molecular complexity index is 2150. The second kappa shape index (κ2) is 15.0. The van der Waals surface area contributed by atoms with Gasteiger partial charge < -0.3 is 29.7 Å². The van der Waals surface area contributed by atoms with Crippen molar-refractivity contribution < 1.29 is 41.8 Å². The molecule has 1 aromatic carbocycles. The Labute approximate surface area is 327 Å². The molecule has 300 valence electrons. The van der Waals surface area contributed by atoms with Gasteiger partial charge in [0.1, 0.15) is 35.1 Å². The van der Waals surface area contributed by atoms with Crippen molar-refractivity contribution >= 4 is 44.6 Å². The Balaban J connectivity index is 1.34. The van der Waals surface area contributed by atoms with Crippen molar-refractivity contribution in [3.63, 3.8) is 0 Å². The maximum atomic E-state index is 14.6. The Morgan fingerprint density at radius 2 is 1.73 bits per heavy atom. The van der Waals surface area contributed by atoms with Crippen LogP contribution in [0.5, 0.6) is 11.6 Å². The summed E-state index contributed by atoms with van der Waals surface area (Å²) in [5, 5.41) is 6.29. The van der Waals surface area contributed by atoms with E-state index >= 15 is 0 Å². The molecule has 0 radical (unpaired) electrons. The van der Waals surface area contributed by atoms with E-state index in [0.29, 0.717) is 29.7 Å². The van der Waals surface area contributed by atoms with Crippen molar-refractivity contribution in [2.24, 2.45) is 11.3 Å². The van der Waals surface area contributed by atoms with Gasteiger partial charge in [0.05, 0.1) is 24.6 Å². The van der Waals surface area contributed by atoms with E-state index in [4.69, 9.17) is 19.2 Å². The van der Waals surface area contributed by atoms with Gasteiger partial charge in [-0.05, 0) is 87.2 Å². The summed E-state index contributed by atoms with van der Waals surface area (Å²) in [7, 11) is -2.35. The van der Waals surface area contributed by atoms with Crippen molar-refractivity contribution in [3.8, 4) is 22.9 Å². The number of carbonyl (C=O) groups is 4. The zero-order valence-electron chi connectivity index (χ0n) is 32.7. The van der Waals surface area contributed by atoms with E-state index in [1.165, 1.54) is 11.0 Å². The highest BCUT2D eigenvalue weighted by atomic mass is 32.2. The molecule has 3 fully saturated rings. The molecule has 3 N–H and O–H groups in total. The number of methoxy groups -OCH3 is 1. The number of rotatable bonds is 12. The maximum absolute atomic E-state index is 14.6. The lowest BCUT2D eigenvalue weighted by atomic mass is 9.85. The highest BCUT2D eigenvalue weighted by molar-refractivity contribution is 7.91. The van der Waals surface area contributed by atoms with E-state index in [9.17, 15) is 27.6 Å². The minimum Gasteiger partial charge on any atom is -0.497 e. The number of ether oxygens (including phenoxy) is 3. The number of nitrogens with zero attached hydrogens (tertiary/aromatic N) is 3. The Hall–Kier alpha value is -5.25. The van der Waals surface area contributed by atoms with Crippen LogP contribution in [0.1, 0.15) is 67.2 Å². The number of hydrogen-bond donors (Lipinski definition) is 3. The number of pyridine rings is 2. The van der Waals surface area contributed by atoms with E-state index in [1.54, 1.807) is 67.1 Å². The number of alkyl carbamates (subject to hydrolysis) is 1. The molecule has 1 aliphatic heterocycles. The fraction of sp³-hybridized carbons (Fsp3) is 0.500. The van der Waals surface area contributed by atoms with E-state index in [0.717, 1.165) is 10.9 Å². The van der Waals surface area contributed by atoms with E-state index in [-0.39, 0.29) is 25.3 Å². The summed E-state index contributed by atoms with van der Waals surface area (Å²) in [5.41, 5.74) is -1.89. The SMILES string of the molecule is C=C[C@@H]1C[C@]1(NC(=O)[C@@H]1C[C@@H](Oc2nc(-c3ccncc3)cc3cc(OC)ccc23)CN1C(=O)[C@@H](NC(=O)OC(C)(C)C)C(C)(C)C)C(=O)NS(=O)(=O)C1CC1. The first kappa shape index (κ1) is 40.4. The van der Waals surface area contributed by atoms with Gasteiger partial charge in [-0.15, -0.1) is 6.58 Å². The van der Waals surface area contributed by atoms with Crippen molar-refractivity contribution in [2.45, 2.75) is 102 Å². The first-order valence-electron chi connectivity index (χ1n) is 18.6. The van der Waals surface area contributed by atoms with Crippen molar-refractivity contribution in [3.05, 3.63) is 61.4 Å². The number of likely N-dealkylation sites (tertiary alicyclic amines) is 1. The summed E-state index contributed by atoms with van der Waals surface area (Å²) >= 11 is 0. The quantitative estimate of drug-likeness (QED) is 0.222. The van der Waals surface area contributed by atoms with Gasteiger partial charge in [0.25, 0.3) is 5.91 Å². The predicted molar refractivity (Wildman–Crippen MR) is 208 cm³/mol. The molecule has 5 atom stereocenters. The van der Waals surface area contributed by atoms with Crippen LogP contribution in [0.4, 0.5) is 4.79 Å². The molecular formula is C40H50N6O9S. The second-order valence-electron chi connectivity index (χ2n) is 16.7. The molecule has 3 aromatic rings. The van der Waals surface area contributed by atoms with Crippen LogP contribution < -0.4 is 24.8 Å². The summed E-state index contributed by atoms with van der Waals surface area (Å²) in [6.07, 6.45) is 4.21. The van der Waals surface area contributed by atoms with Crippen LogP contribution in [0, 0.1) is 11.3 Å². The molecule has 3 heterocycles. The Morgan fingerprint density at radius 1 is 1.04 bits per heavy atom. The average Bonchev–Trinajstić information content (AvgIpc) is 4.06. The summed E-state index contributed by atoms with van der Waals surface area (Å²) in [6, 6.07) is 8.64. The van der Waals surface area contributed by atoms with Crippen LogP contribution in [0.3, 0.4) is 0 Å². The first-order chi connectivity index (χ1) is 26.2. The van der Waals surface area contributed by atoms with Gasteiger partial charge in [0.2, 0.25) is 27.7 Å². The molecule has 0 spiro atoms. The Kier molecular flexibility index (Phi) is 10.8. The lowest BCUT2D eigenvalue weighted by Crippen LogP contribution is -2.60. The van der Waals surface area contributed by atoms with Crippen molar-refractivity contribution in [1.82, 2.24) is 30.2 Å². The monoisotopic (exact) mass is 790 g/mol. The summed E-state index contributed by atoms with van der Waals surface area (Å²) in [6.45, 7) is 14.1. The normalized spacial score (nSPS) is 22.8. The molecule has 6 rings (SSSR count). The molecule has 2 saturated carbocycles. The number of nitrogens with one attached hydrogen (secondary N) is 3. The van der Waals surface area contributed by atoms with E-state index < -0.39 is 79.7 Å². The molecule has 0 bridgehead atoms. The van der Waals surface area contributed by atoms with Crippen LogP contribution in [-0.2, 0) is 29.1 Å². The highest BCUT2D eigenvalue weighted by Crippen LogP contribution is 2.46. The van der Waals surface area contributed by atoms with Gasteiger partial charge >= 0.3 is 6.09 Å². The third-order valence-electron chi connectivity index (χ3n) is 10.1. The highest BCUT2D eigenvalue weighted by Gasteiger charge is 2.62. The van der Waals surface area contributed by atoms with Crippen LogP contribution >= 0.6 is 0 Å². The van der Waals surface area contributed by atoms with Crippen molar-refractivity contribution in [2.75, 3.05) is 13.7 Å². The van der Waals surface area contributed by atoms with Gasteiger partial charge in [0, 0.05) is 35.7 Å². The zero-order valence-corrected chi connectivity index (χ0v) is 33.6. The molecule has 2 aromatic heterocycles. The molecule has 15 nitrogen and oxygen atoms in total. The van der Waals surface area contributed by atoms with Crippen LogP contribution in [0.2, 0.25) is 0 Å². The number of benzene rings is 1. The summed E-state index contributed by atoms with van der Waals surface area (Å²) in [5.74, 6) is -1.79. The summed E-state index contributed by atoms with van der Waals surface area (Å²) in [4.78, 5) is 66.0. The minimum absolute atomic E-state index is 0.0173. The molecule has 16 heteroatoms. The maximum Gasteiger partial charge on any atom is 0.408 e.